The van der Waals surface area contributed by atoms with E-state index >= 15 is 0 Å². The van der Waals surface area contributed by atoms with Crippen LogP contribution in [0.15, 0.2) is 64.5 Å². The van der Waals surface area contributed by atoms with Gasteiger partial charge in [-0.3, -0.25) is 4.99 Å². The van der Waals surface area contributed by atoms with E-state index in [0.717, 1.165) is 31.0 Å². The smallest absolute Gasteiger partial charge is 0.190 e. The van der Waals surface area contributed by atoms with Crippen molar-refractivity contribution in [3.63, 3.8) is 0 Å². The molecule has 2 aromatic rings. The summed E-state index contributed by atoms with van der Waals surface area (Å²) >= 11 is 0. The number of hydrogen-bond acceptors (Lipinski definition) is 3. The van der Waals surface area contributed by atoms with Crippen LogP contribution in [0.2, 0.25) is 0 Å². The van der Waals surface area contributed by atoms with Crippen LogP contribution in [0.5, 0.6) is 0 Å². The van der Waals surface area contributed by atoms with E-state index in [1.165, 1.54) is 37.5 Å². The summed E-state index contributed by atoms with van der Waals surface area (Å²) in [7, 11) is -1.35. The molecular formula is C24H34IN3O2S. The first kappa shape index (κ1) is 25.6. The molecule has 0 aliphatic heterocycles. The Balaban J connectivity index is 0.00000341. The van der Waals surface area contributed by atoms with Crippen LogP contribution in [0.1, 0.15) is 42.7 Å². The maximum absolute atomic E-state index is 11.5. The van der Waals surface area contributed by atoms with Crippen LogP contribution in [0, 0.1) is 5.92 Å². The second-order valence-corrected chi connectivity index (χ2v) is 10.2. The highest BCUT2D eigenvalue weighted by Gasteiger charge is 2.22. The van der Waals surface area contributed by atoms with E-state index < -0.39 is 9.84 Å². The van der Waals surface area contributed by atoms with Gasteiger partial charge in [0, 0.05) is 26.4 Å². The SMILES string of the molecule is CN=C(NCCc1ccc(S(C)(=O)=O)cc1)NCC1CCC(c2ccccc2)CC1.I. The Bertz CT molecular complexity index is 923. The Morgan fingerprint density at radius 3 is 2.19 bits per heavy atom. The molecule has 3 rings (SSSR count). The average Bonchev–Trinajstić information content (AvgIpc) is 2.77. The molecule has 0 amide bonds. The quantitative estimate of drug-likeness (QED) is 0.302. The second-order valence-electron chi connectivity index (χ2n) is 8.17. The van der Waals surface area contributed by atoms with Crippen LogP contribution in [0.25, 0.3) is 0 Å². The van der Waals surface area contributed by atoms with Gasteiger partial charge in [0.1, 0.15) is 0 Å². The number of halogens is 1. The first-order chi connectivity index (χ1) is 14.5. The first-order valence-corrected chi connectivity index (χ1v) is 12.6. The molecule has 0 unspecified atom stereocenters. The minimum Gasteiger partial charge on any atom is -0.356 e. The van der Waals surface area contributed by atoms with Gasteiger partial charge in [0.05, 0.1) is 4.90 Å². The molecule has 1 saturated carbocycles. The summed E-state index contributed by atoms with van der Waals surface area (Å²) in [5.74, 6) is 2.22. The van der Waals surface area contributed by atoms with E-state index in [0.29, 0.717) is 16.7 Å². The van der Waals surface area contributed by atoms with Gasteiger partial charge in [-0.25, -0.2) is 8.42 Å². The summed E-state index contributed by atoms with van der Waals surface area (Å²) in [6, 6.07) is 18.0. The normalized spacial score (nSPS) is 19.4. The van der Waals surface area contributed by atoms with Gasteiger partial charge < -0.3 is 10.6 Å². The van der Waals surface area contributed by atoms with Crippen molar-refractivity contribution >= 4 is 39.8 Å². The van der Waals surface area contributed by atoms with Crippen molar-refractivity contribution in [2.75, 3.05) is 26.4 Å². The lowest BCUT2D eigenvalue weighted by Crippen LogP contribution is -2.41. The van der Waals surface area contributed by atoms with Crippen molar-refractivity contribution in [2.24, 2.45) is 10.9 Å². The molecule has 0 aromatic heterocycles. The van der Waals surface area contributed by atoms with Gasteiger partial charge in [-0.15, -0.1) is 24.0 Å². The Morgan fingerprint density at radius 2 is 1.61 bits per heavy atom. The number of rotatable bonds is 7. The second kappa shape index (κ2) is 12.4. The van der Waals surface area contributed by atoms with E-state index in [4.69, 9.17) is 0 Å². The summed E-state index contributed by atoms with van der Waals surface area (Å²) in [6.45, 7) is 1.70. The standard InChI is InChI=1S/C24H33N3O2S.HI/c1-25-24(26-17-16-19-10-14-23(15-11-19)30(2,28)29)27-18-20-8-12-22(13-9-20)21-6-4-3-5-7-21;/h3-7,10-11,14-15,20,22H,8-9,12-13,16-18H2,1-2H3,(H2,25,26,27);1H. The zero-order valence-electron chi connectivity index (χ0n) is 18.4. The summed E-state index contributed by atoms with van der Waals surface area (Å²) in [6.07, 6.45) is 7.05. The largest absolute Gasteiger partial charge is 0.356 e. The highest BCUT2D eigenvalue weighted by molar-refractivity contribution is 14.0. The van der Waals surface area contributed by atoms with Crippen molar-refractivity contribution < 1.29 is 8.42 Å². The number of benzene rings is 2. The van der Waals surface area contributed by atoms with Crippen molar-refractivity contribution in [2.45, 2.75) is 42.9 Å². The topological polar surface area (TPSA) is 70.6 Å². The van der Waals surface area contributed by atoms with Crippen molar-refractivity contribution in [1.29, 1.82) is 0 Å². The Hall–Kier alpha value is -1.61. The van der Waals surface area contributed by atoms with Crippen LogP contribution in [-0.4, -0.2) is 40.8 Å². The maximum atomic E-state index is 11.5. The molecule has 1 fully saturated rings. The Labute approximate surface area is 204 Å². The molecule has 0 saturated heterocycles. The van der Waals surface area contributed by atoms with Crippen LogP contribution < -0.4 is 10.6 Å². The summed E-state index contributed by atoms with van der Waals surface area (Å²) < 4.78 is 23.1. The number of guanidine groups is 1. The van der Waals surface area contributed by atoms with E-state index in [-0.39, 0.29) is 24.0 Å². The zero-order valence-corrected chi connectivity index (χ0v) is 21.5. The predicted octanol–water partition coefficient (Wildman–Crippen LogP) is 4.39. The molecule has 1 aliphatic carbocycles. The molecule has 0 spiro atoms. The molecular weight excluding hydrogens is 521 g/mol. The van der Waals surface area contributed by atoms with E-state index in [9.17, 15) is 8.42 Å². The highest BCUT2D eigenvalue weighted by Crippen LogP contribution is 2.35. The summed E-state index contributed by atoms with van der Waals surface area (Å²) in [5.41, 5.74) is 2.58. The lowest BCUT2D eigenvalue weighted by molar-refractivity contribution is 0.324. The van der Waals surface area contributed by atoms with Gasteiger partial charge in [0.15, 0.2) is 15.8 Å². The molecule has 2 N–H and O–H groups in total. The molecule has 170 valence electrons. The third-order valence-electron chi connectivity index (χ3n) is 5.96. The maximum Gasteiger partial charge on any atom is 0.190 e. The van der Waals surface area contributed by atoms with Crippen LogP contribution in [0.3, 0.4) is 0 Å². The van der Waals surface area contributed by atoms with Crippen LogP contribution in [-0.2, 0) is 16.3 Å². The predicted molar refractivity (Wildman–Crippen MR) is 139 cm³/mol. The zero-order chi connectivity index (χ0) is 21.4. The molecule has 5 nitrogen and oxygen atoms in total. The Kier molecular flexibility index (Phi) is 10.3. The van der Waals surface area contributed by atoms with E-state index in [1.807, 2.05) is 12.1 Å². The lowest BCUT2D eigenvalue weighted by atomic mass is 9.79. The average molecular weight is 556 g/mol. The molecule has 1 aliphatic rings. The van der Waals surface area contributed by atoms with Crippen molar-refractivity contribution in [3.05, 3.63) is 65.7 Å². The van der Waals surface area contributed by atoms with E-state index in [1.54, 1.807) is 19.2 Å². The van der Waals surface area contributed by atoms with Gasteiger partial charge >= 0.3 is 0 Å². The first-order valence-electron chi connectivity index (χ1n) is 10.7. The van der Waals surface area contributed by atoms with Crippen LogP contribution >= 0.6 is 24.0 Å². The van der Waals surface area contributed by atoms with Gasteiger partial charge in [0.25, 0.3) is 0 Å². The summed E-state index contributed by atoms with van der Waals surface area (Å²) in [4.78, 5) is 4.69. The van der Waals surface area contributed by atoms with Gasteiger partial charge in [0.2, 0.25) is 0 Å². The summed E-state index contributed by atoms with van der Waals surface area (Å²) in [5, 5.41) is 6.83. The molecule has 0 bridgehead atoms. The van der Waals surface area contributed by atoms with Gasteiger partial charge in [-0.05, 0) is 67.2 Å². The lowest BCUT2D eigenvalue weighted by Gasteiger charge is -2.29. The monoisotopic (exact) mass is 555 g/mol. The number of nitrogens with zero attached hydrogens (tertiary/aromatic N) is 1. The molecule has 0 heterocycles. The third kappa shape index (κ3) is 8.11. The molecule has 0 radical (unpaired) electrons. The number of nitrogens with one attached hydrogen (secondary N) is 2. The fourth-order valence-corrected chi connectivity index (χ4v) is 4.75. The number of sulfone groups is 1. The van der Waals surface area contributed by atoms with Gasteiger partial charge in [-0.2, -0.15) is 0 Å². The minimum atomic E-state index is -3.14. The number of hydrogen-bond donors (Lipinski definition) is 2. The molecule has 0 atom stereocenters. The molecule has 7 heteroatoms. The third-order valence-corrected chi connectivity index (χ3v) is 7.09. The fraction of sp³-hybridized carbons (Fsp3) is 0.458. The van der Waals surface area contributed by atoms with Crippen LogP contribution in [0.4, 0.5) is 0 Å². The fourth-order valence-electron chi connectivity index (χ4n) is 4.12. The van der Waals surface area contributed by atoms with Gasteiger partial charge in [-0.1, -0.05) is 42.5 Å². The molecule has 31 heavy (non-hydrogen) atoms. The van der Waals surface area contributed by atoms with E-state index in [2.05, 4.69) is 46.0 Å². The molecule has 2 aromatic carbocycles. The number of aliphatic imine (C=N–C) groups is 1. The van der Waals surface area contributed by atoms with Crippen molar-refractivity contribution in [3.8, 4) is 0 Å². The van der Waals surface area contributed by atoms with Crippen molar-refractivity contribution in [1.82, 2.24) is 10.6 Å². The minimum absolute atomic E-state index is 0. The highest BCUT2D eigenvalue weighted by atomic mass is 127. The Morgan fingerprint density at radius 1 is 0.968 bits per heavy atom.